The van der Waals surface area contributed by atoms with E-state index in [0.29, 0.717) is 0 Å². The van der Waals surface area contributed by atoms with Gasteiger partial charge in [-0.1, -0.05) is 27.5 Å². The fraction of sp³-hybridized carbons (Fsp3) is 0.455. The predicted molar refractivity (Wildman–Crippen MR) is 75.9 cm³/mol. The zero-order valence-corrected chi connectivity index (χ0v) is 12.4. The zero-order valence-electron chi connectivity index (χ0n) is 10.1. The number of rotatable bonds is 3. The fourth-order valence-corrected chi connectivity index (χ4v) is 2.65. The highest BCUT2D eigenvalue weighted by Crippen LogP contribution is 2.32. The summed E-state index contributed by atoms with van der Waals surface area (Å²) < 4.78 is 6.47. The molecule has 0 bridgehead atoms. The van der Waals surface area contributed by atoms with Crippen LogP contribution in [-0.4, -0.2) is 43.4 Å². The molecule has 1 aromatic heterocycles. The maximum absolute atomic E-state index is 11.8. The van der Waals surface area contributed by atoms with Crippen molar-refractivity contribution in [2.45, 2.75) is 23.3 Å². The molecule has 7 nitrogen and oxygen atoms in total. The van der Waals surface area contributed by atoms with Gasteiger partial charge in [-0.3, -0.25) is 14.3 Å². The highest BCUT2D eigenvalue weighted by molar-refractivity contribution is 9.09. The van der Waals surface area contributed by atoms with Crippen LogP contribution in [0.3, 0.4) is 0 Å². The number of H-pyrrole nitrogens is 1. The van der Waals surface area contributed by atoms with Crippen molar-refractivity contribution in [3.05, 3.63) is 38.1 Å². The van der Waals surface area contributed by atoms with E-state index in [2.05, 4.69) is 20.9 Å². The molecule has 0 amide bonds. The first-order chi connectivity index (χ1) is 9.49. The van der Waals surface area contributed by atoms with Gasteiger partial charge < -0.3 is 14.9 Å². The standard InChI is InChI=1S/C11H12BrClN2O5/c12-7-6(4-16)20-10(8(7)17)15-3-5(1-2-13)9(18)14-11(15)19/h1-3,6-8,10,16-17H,4H2,(H,14,18,19)/t6-,7+,8-,10-/m1/s1. The first-order valence-corrected chi connectivity index (χ1v) is 7.05. The Kier molecular flexibility index (Phi) is 4.82. The van der Waals surface area contributed by atoms with Gasteiger partial charge in [0.25, 0.3) is 5.56 Å². The molecular formula is C11H12BrClN2O5. The van der Waals surface area contributed by atoms with Gasteiger partial charge in [0.2, 0.25) is 0 Å². The van der Waals surface area contributed by atoms with E-state index in [9.17, 15) is 14.7 Å². The van der Waals surface area contributed by atoms with E-state index >= 15 is 0 Å². The molecule has 20 heavy (non-hydrogen) atoms. The number of aromatic amines is 1. The SMILES string of the molecule is O=c1[nH]c(=O)n([C@@H]2O[C@H](CO)[C@H](Br)[C@H]2O)cc1C=CCl. The van der Waals surface area contributed by atoms with Gasteiger partial charge in [-0.25, -0.2) is 4.79 Å². The van der Waals surface area contributed by atoms with Crippen LogP contribution >= 0.6 is 27.5 Å². The molecule has 9 heteroatoms. The molecule has 1 aromatic rings. The lowest BCUT2D eigenvalue weighted by Crippen LogP contribution is -2.37. The lowest BCUT2D eigenvalue weighted by atomic mass is 10.2. The molecule has 3 N–H and O–H groups in total. The van der Waals surface area contributed by atoms with Crippen LogP contribution in [0.15, 0.2) is 21.3 Å². The monoisotopic (exact) mass is 366 g/mol. The third kappa shape index (κ3) is 2.75. The highest BCUT2D eigenvalue weighted by Gasteiger charge is 2.43. The van der Waals surface area contributed by atoms with Gasteiger partial charge in [-0.05, 0) is 6.08 Å². The summed E-state index contributed by atoms with van der Waals surface area (Å²) in [6.07, 6.45) is -0.159. The molecule has 110 valence electrons. The summed E-state index contributed by atoms with van der Waals surface area (Å²) in [5.74, 6) is 0. The second-order valence-electron chi connectivity index (χ2n) is 4.23. The average molecular weight is 368 g/mol. The predicted octanol–water partition coefficient (Wildman–Crippen LogP) is -0.240. The van der Waals surface area contributed by atoms with Gasteiger partial charge >= 0.3 is 5.69 Å². The molecule has 0 saturated carbocycles. The van der Waals surface area contributed by atoms with E-state index in [0.717, 1.165) is 10.1 Å². The number of alkyl halides is 1. The summed E-state index contributed by atoms with van der Waals surface area (Å²) in [4.78, 5) is 24.9. The first-order valence-electron chi connectivity index (χ1n) is 5.70. The largest absolute Gasteiger partial charge is 0.394 e. The molecule has 0 spiro atoms. The smallest absolute Gasteiger partial charge is 0.330 e. The Bertz CT molecular complexity index is 628. The van der Waals surface area contributed by atoms with Gasteiger partial charge in [-0.15, -0.1) is 0 Å². The van der Waals surface area contributed by atoms with Crippen molar-refractivity contribution < 1.29 is 14.9 Å². The van der Waals surface area contributed by atoms with Crippen LogP contribution in [0.2, 0.25) is 0 Å². The van der Waals surface area contributed by atoms with Crippen molar-refractivity contribution in [1.29, 1.82) is 0 Å². The van der Waals surface area contributed by atoms with Crippen LogP contribution in [0.4, 0.5) is 0 Å². The van der Waals surface area contributed by atoms with E-state index in [1.165, 1.54) is 12.3 Å². The maximum Gasteiger partial charge on any atom is 0.330 e. The number of hydrogen-bond donors (Lipinski definition) is 3. The summed E-state index contributed by atoms with van der Waals surface area (Å²) >= 11 is 8.61. The van der Waals surface area contributed by atoms with Crippen LogP contribution in [0, 0.1) is 0 Å². The summed E-state index contributed by atoms with van der Waals surface area (Å²) in [6, 6.07) is 0. The molecule has 0 unspecified atom stereocenters. The number of ether oxygens (including phenoxy) is 1. The molecule has 0 radical (unpaired) electrons. The minimum absolute atomic E-state index is 0.147. The van der Waals surface area contributed by atoms with Crippen molar-refractivity contribution in [3.8, 4) is 0 Å². The Balaban J connectivity index is 2.46. The molecule has 1 saturated heterocycles. The Morgan fingerprint density at radius 3 is 2.80 bits per heavy atom. The van der Waals surface area contributed by atoms with Crippen LogP contribution in [0.5, 0.6) is 0 Å². The molecule has 1 fully saturated rings. The molecule has 4 atom stereocenters. The minimum Gasteiger partial charge on any atom is -0.394 e. The second-order valence-corrected chi connectivity index (χ2v) is 5.54. The summed E-state index contributed by atoms with van der Waals surface area (Å²) in [5, 5.41) is 19.2. The van der Waals surface area contributed by atoms with Gasteiger partial charge in [0.05, 0.1) is 23.1 Å². The van der Waals surface area contributed by atoms with E-state index in [1.807, 2.05) is 0 Å². The van der Waals surface area contributed by atoms with Crippen LogP contribution in [-0.2, 0) is 4.74 Å². The normalized spacial score (nSPS) is 30.2. The first kappa shape index (κ1) is 15.5. The number of nitrogens with one attached hydrogen (secondary N) is 1. The molecule has 1 aliphatic heterocycles. The van der Waals surface area contributed by atoms with Crippen LogP contribution in [0.25, 0.3) is 6.08 Å². The summed E-state index contributed by atoms with van der Waals surface area (Å²) in [7, 11) is 0. The van der Waals surface area contributed by atoms with Crippen molar-refractivity contribution in [1.82, 2.24) is 9.55 Å². The average Bonchev–Trinajstić information content (AvgIpc) is 2.70. The van der Waals surface area contributed by atoms with Gasteiger partial charge in [0.15, 0.2) is 6.23 Å². The Labute approximate surface area is 126 Å². The van der Waals surface area contributed by atoms with E-state index in [1.54, 1.807) is 0 Å². The van der Waals surface area contributed by atoms with Crippen molar-refractivity contribution in [2.75, 3.05) is 6.61 Å². The number of aliphatic hydroxyl groups is 2. The molecule has 0 aliphatic carbocycles. The highest BCUT2D eigenvalue weighted by atomic mass is 79.9. The molecular weight excluding hydrogens is 355 g/mol. The van der Waals surface area contributed by atoms with Gasteiger partial charge in [0.1, 0.15) is 6.10 Å². The van der Waals surface area contributed by atoms with Gasteiger partial charge in [-0.2, -0.15) is 0 Å². The fourth-order valence-electron chi connectivity index (χ4n) is 1.96. The summed E-state index contributed by atoms with van der Waals surface area (Å²) in [6.45, 7) is -0.310. The molecule has 2 rings (SSSR count). The Morgan fingerprint density at radius 1 is 1.55 bits per heavy atom. The van der Waals surface area contributed by atoms with Crippen molar-refractivity contribution in [3.63, 3.8) is 0 Å². The third-order valence-electron chi connectivity index (χ3n) is 2.98. The van der Waals surface area contributed by atoms with Crippen molar-refractivity contribution in [2.24, 2.45) is 0 Å². The Hall–Kier alpha value is -0.930. The Morgan fingerprint density at radius 2 is 2.25 bits per heavy atom. The van der Waals surface area contributed by atoms with E-state index in [4.69, 9.17) is 21.4 Å². The molecule has 1 aliphatic rings. The molecule has 0 aromatic carbocycles. The topological polar surface area (TPSA) is 105 Å². The zero-order chi connectivity index (χ0) is 14.9. The van der Waals surface area contributed by atoms with E-state index in [-0.39, 0.29) is 12.2 Å². The third-order valence-corrected chi connectivity index (χ3v) is 4.24. The van der Waals surface area contributed by atoms with E-state index < -0.39 is 34.5 Å². The number of hydrogen-bond acceptors (Lipinski definition) is 5. The van der Waals surface area contributed by atoms with Crippen LogP contribution in [0.1, 0.15) is 11.8 Å². The lowest BCUT2D eigenvalue weighted by Gasteiger charge is -2.17. The number of halogens is 2. The van der Waals surface area contributed by atoms with Gasteiger partial charge in [0, 0.05) is 11.7 Å². The number of aromatic nitrogens is 2. The van der Waals surface area contributed by atoms with Crippen LogP contribution < -0.4 is 11.2 Å². The maximum atomic E-state index is 11.8. The summed E-state index contributed by atoms with van der Waals surface area (Å²) in [5.41, 5.74) is -0.0300. The minimum atomic E-state index is -1.05. The van der Waals surface area contributed by atoms with Crippen molar-refractivity contribution >= 4 is 33.6 Å². The number of aliphatic hydroxyl groups excluding tert-OH is 2. The second kappa shape index (κ2) is 6.23. The number of nitrogens with zero attached hydrogens (tertiary/aromatic N) is 1. The molecule has 2 heterocycles. The lowest BCUT2D eigenvalue weighted by molar-refractivity contribution is -0.0530. The quantitative estimate of drug-likeness (QED) is 0.640.